The number of amides is 7. The SMILES string of the molecule is CN[C@@H](CC(C)C)C(=O)NC1C(=O)NC(CC(N)=O)C(=O)NC2C(=O)NC3C(=O)N[C@H](C(=O)NC(C(=O)O)c4cc(O)cc(O)c4-c4cc3ccc4O)[C@H](O)c3ccc(c(Cl)c3)Oc3cc2cc(c3OC2OC(CSc3nnc(NN)n3N)C(O)C(O)C2OC2CC(I)(NCc3ccc(-c4ccc(Cl)cc4)cc3)C(O)C(C)O2)Oc2ccc(cc2Cl)C1O. The number of carboxylic acids is 1. The number of aliphatic hydroxyl groups excluding tert-OH is 5. The van der Waals surface area contributed by atoms with Crippen LogP contribution < -0.4 is 79.6 Å². The van der Waals surface area contributed by atoms with Crippen LogP contribution in [0.5, 0.6) is 46.0 Å². The van der Waals surface area contributed by atoms with Gasteiger partial charge in [-0.15, -0.1) is 10.2 Å². The van der Waals surface area contributed by atoms with Gasteiger partial charge in [0.2, 0.25) is 58.5 Å². The number of phenolic OH excluding ortho intramolecular Hbond substituents is 3. The summed E-state index contributed by atoms with van der Waals surface area (Å²) in [5.74, 6) is -4.64. The molecule has 7 amide bonds. The number of thioether (sulfide) groups is 1. The molecule has 8 aromatic rings. The zero-order chi connectivity index (χ0) is 88.5. The van der Waals surface area contributed by atoms with Crippen LogP contribution in [0.1, 0.15) is 104 Å². The summed E-state index contributed by atoms with van der Waals surface area (Å²) in [5, 5.41) is 136. The largest absolute Gasteiger partial charge is 0.508 e. The topological polar surface area (TPSA) is 591 Å². The third-order valence-corrected chi connectivity index (χ3v) is 24.5. The number of primary amides is 1. The molecule has 38 nitrogen and oxygen atoms in total. The lowest BCUT2D eigenvalue weighted by Crippen LogP contribution is -2.64. The fourth-order valence-electron chi connectivity index (χ4n) is 14.7. The molecular formula is C80H85Cl3IN15O23S. The number of halogens is 4. The molecule has 15 rings (SSSR count). The number of likely N-dealkylation sites (N-methyl/N-ethyl adjacent to an activating group) is 1. The molecule has 1 aromatic heterocycles. The van der Waals surface area contributed by atoms with Gasteiger partial charge in [-0.05, 0) is 132 Å². The van der Waals surface area contributed by atoms with Crippen molar-refractivity contribution < 1.29 is 113 Å². The number of benzene rings is 7. The van der Waals surface area contributed by atoms with Crippen molar-refractivity contribution in [3.63, 3.8) is 0 Å². The maximum absolute atomic E-state index is 16.4. The maximum atomic E-state index is 16.4. The molecule has 652 valence electrons. The third kappa shape index (κ3) is 19.8. The number of carboxylic acid groups (broad SMARTS) is 1. The number of alkyl halides is 1. The zero-order valence-corrected chi connectivity index (χ0v) is 70.5. The average Bonchev–Trinajstić information content (AvgIpc) is 1.03. The Morgan fingerprint density at radius 2 is 1.33 bits per heavy atom. The standard InChI is InChI=1S/C80H85Cl3IN15O23S/c1-31(2)19-46(88-4)70(109)94-61-63(104)37-12-17-50(44(82)21-37)118-52-23-39-24-53(67(52)122-77-68(66(107)65(106)54(120-77)30-123-79-98-97-78(96-86)99(79)87)121-56-28-80(84,69(108)32(3)117-56)89-29-33-5-7-34(8-6-33)35-9-14-40(81)15-10-35)119-51-18-13-38(22-45(51)83)64(105)62-75(114)93-60(76(115)116)43-25-41(100)26-49(102)57(43)42-20-36(11-16-48(42)101)58(72(111)95-62)92-73(112)59(39)91-71(110)47(27-55(85)103)90-74(61)113/h5-18,20-26,31-32,46-47,54,56,58-66,68-69,77,88-89,100-102,104-108H,19,27-30,86-87H2,1-4H3,(H2,85,103)(H,90,113)(H,91,110)(H,92,112)(H,93,114)(H,94,109)(H,95,111)(H,96,97)(H,115,116)/t32?,46-,47?,54?,56?,58?,59?,60?,61?,62-,63?,64+,65?,66?,68?,69?,77?,80?/m0/s1. The minimum absolute atomic E-state index is 0.00578. The number of carbonyl (C=O) groups is 8. The molecule has 2 saturated heterocycles. The van der Waals surface area contributed by atoms with E-state index in [0.29, 0.717) is 5.02 Å². The number of fused-ring (bicyclic) bond motifs is 15. The molecule has 2 fully saturated rings. The summed E-state index contributed by atoms with van der Waals surface area (Å²) < 4.78 is 40.2. The van der Waals surface area contributed by atoms with Crippen LogP contribution >= 0.6 is 69.2 Å². The summed E-state index contributed by atoms with van der Waals surface area (Å²) in [5.41, 5.74) is 7.83. The van der Waals surface area contributed by atoms with E-state index in [1.807, 2.05) is 72.8 Å². The van der Waals surface area contributed by atoms with E-state index in [1.54, 1.807) is 19.1 Å². The molecule has 0 radical (unpaired) electrons. The Balaban J connectivity index is 1.00. The van der Waals surface area contributed by atoms with Crippen LogP contribution in [0.15, 0.2) is 133 Å². The van der Waals surface area contributed by atoms with Gasteiger partial charge in [0.1, 0.15) is 93.0 Å². The van der Waals surface area contributed by atoms with E-state index in [0.717, 1.165) is 99.9 Å². The highest BCUT2D eigenvalue weighted by Crippen LogP contribution is 2.51. The van der Waals surface area contributed by atoms with Crippen LogP contribution in [0.2, 0.25) is 15.1 Å². The van der Waals surface area contributed by atoms with Crippen molar-refractivity contribution in [2.45, 2.75) is 159 Å². The van der Waals surface area contributed by atoms with Gasteiger partial charge in [-0.3, -0.25) is 44.3 Å². The van der Waals surface area contributed by atoms with Gasteiger partial charge in [0.25, 0.3) is 5.95 Å². The Morgan fingerprint density at radius 1 is 0.707 bits per heavy atom. The highest BCUT2D eigenvalue weighted by Gasteiger charge is 2.53. The van der Waals surface area contributed by atoms with Crippen molar-refractivity contribution in [2.75, 3.05) is 24.1 Å². The molecule has 43 heteroatoms. The second-order valence-electron chi connectivity index (χ2n) is 30.1. The molecular weight excluding hydrogens is 1800 g/mol. The second-order valence-corrected chi connectivity index (χ2v) is 34.2. The summed E-state index contributed by atoms with van der Waals surface area (Å²) in [7, 11) is 1.48. The smallest absolute Gasteiger partial charge is 0.330 e. The molecule has 7 aromatic carbocycles. The molecule has 24 N–H and O–H groups in total. The van der Waals surface area contributed by atoms with Gasteiger partial charge in [0, 0.05) is 46.5 Å². The van der Waals surface area contributed by atoms with Crippen molar-refractivity contribution >= 4 is 122 Å². The van der Waals surface area contributed by atoms with E-state index < -0.39 is 229 Å². The Morgan fingerprint density at radius 3 is 1.93 bits per heavy atom. The number of aliphatic hydroxyl groups is 5. The predicted octanol–water partition coefficient (Wildman–Crippen LogP) is 4.02. The molecule has 18 atom stereocenters. The number of phenols is 3. The van der Waals surface area contributed by atoms with Gasteiger partial charge in [-0.2, -0.15) is 0 Å². The first-order valence-corrected chi connectivity index (χ1v) is 41.3. The van der Waals surface area contributed by atoms with Crippen LogP contribution in [0, 0.1) is 5.92 Å². The first-order chi connectivity index (χ1) is 58.5. The van der Waals surface area contributed by atoms with Gasteiger partial charge < -0.3 is 123 Å². The first-order valence-electron chi connectivity index (χ1n) is 38.1. The van der Waals surface area contributed by atoms with E-state index >= 15 is 24.0 Å². The molecule has 123 heavy (non-hydrogen) atoms. The molecule has 0 aliphatic carbocycles. The predicted molar refractivity (Wildman–Crippen MR) is 449 cm³/mol. The average molecular weight is 1890 g/mol. The number of nitrogens with two attached hydrogens (primary N) is 3. The van der Waals surface area contributed by atoms with Crippen molar-refractivity contribution in [3.05, 3.63) is 176 Å². The molecule has 7 aliphatic rings. The fraction of sp³-hybridized carbons (Fsp3) is 0.350. The van der Waals surface area contributed by atoms with Crippen molar-refractivity contribution in [3.8, 4) is 68.2 Å². The highest BCUT2D eigenvalue weighted by molar-refractivity contribution is 14.1. The van der Waals surface area contributed by atoms with E-state index in [9.17, 15) is 60.3 Å². The summed E-state index contributed by atoms with van der Waals surface area (Å²) in [4.78, 5) is 119. The number of anilines is 1. The zero-order valence-electron chi connectivity index (χ0n) is 65.3. The van der Waals surface area contributed by atoms with Gasteiger partial charge >= 0.3 is 5.97 Å². The fourth-order valence-corrected chi connectivity index (χ4v) is 17.3. The van der Waals surface area contributed by atoms with Gasteiger partial charge in [0.15, 0.2) is 29.9 Å². The van der Waals surface area contributed by atoms with Crippen LogP contribution in [-0.4, -0.2) is 198 Å². The summed E-state index contributed by atoms with van der Waals surface area (Å²) in [6.07, 6.45) is -18.7. The van der Waals surface area contributed by atoms with E-state index in [1.165, 1.54) is 19.2 Å². The number of aromatic nitrogens is 3. The maximum Gasteiger partial charge on any atom is 0.330 e. The number of nitrogens with zero attached hydrogens (tertiary/aromatic N) is 3. The minimum Gasteiger partial charge on any atom is -0.508 e. The molecule has 15 unspecified atom stereocenters. The van der Waals surface area contributed by atoms with Crippen LogP contribution in [0.4, 0.5) is 5.95 Å². The molecule has 7 aliphatic heterocycles. The Hall–Kier alpha value is -10.7. The number of aliphatic carboxylic acids is 1. The number of rotatable bonds is 20. The molecule has 11 bridgehead atoms. The van der Waals surface area contributed by atoms with Gasteiger partial charge in [-0.25, -0.2) is 15.3 Å². The number of hydrogen-bond donors (Lipinski definition) is 21. The Bertz CT molecular complexity index is 5380. The second kappa shape index (κ2) is 37.8. The number of nitrogen functional groups attached to an aromatic ring is 2. The summed E-state index contributed by atoms with van der Waals surface area (Å²) >= 11 is 23.5. The third-order valence-electron chi connectivity index (χ3n) is 21.1. The molecule has 0 spiro atoms. The normalized spacial score (nSPS) is 26.2. The Kier molecular flexibility index (Phi) is 27.7. The highest BCUT2D eigenvalue weighted by atomic mass is 127. The summed E-state index contributed by atoms with van der Waals surface area (Å²) in [6, 6.07) is 14.2. The Labute approximate surface area is 732 Å². The van der Waals surface area contributed by atoms with Crippen molar-refractivity contribution in [1.82, 2.24) is 57.4 Å². The van der Waals surface area contributed by atoms with E-state index in [2.05, 4.69) is 58.2 Å². The number of carbonyl (C=O) groups excluding carboxylic acids is 7. The van der Waals surface area contributed by atoms with Gasteiger partial charge in [0.05, 0.1) is 34.7 Å². The quantitative estimate of drug-likeness (QED) is 0.0128. The minimum atomic E-state index is -2.38. The first kappa shape index (κ1) is 90.1. The number of aromatic hydroxyl groups is 3. The number of hydrazine groups is 1. The number of ether oxygens (including phenoxy) is 6. The number of nitrogens with one attached hydrogen (secondary N) is 9. The lowest BCUT2D eigenvalue weighted by Gasteiger charge is -2.47. The lowest BCUT2D eigenvalue weighted by molar-refractivity contribution is -0.326. The van der Waals surface area contributed by atoms with Crippen molar-refractivity contribution in [2.24, 2.45) is 17.5 Å². The van der Waals surface area contributed by atoms with Gasteiger partial charge in [-0.1, -0.05) is 138 Å². The van der Waals surface area contributed by atoms with E-state index in [-0.39, 0.29) is 69.6 Å². The molecule has 8 heterocycles. The van der Waals surface area contributed by atoms with Crippen LogP contribution in [0.25, 0.3) is 22.3 Å². The van der Waals surface area contributed by atoms with Crippen molar-refractivity contribution in [1.29, 1.82) is 0 Å². The van der Waals surface area contributed by atoms with Crippen LogP contribution in [-0.2, 0) is 59.1 Å². The number of hydrogen-bond acceptors (Lipinski definition) is 30. The van der Waals surface area contributed by atoms with Crippen LogP contribution in [0.3, 0.4) is 0 Å². The summed E-state index contributed by atoms with van der Waals surface area (Å²) in [6.45, 7) is 5.39. The molecule has 0 saturated carbocycles. The van der Waals surface area contributed by atoms with E-state index in [4.69, 9.17) is 80.6 Å². The lowest BCUT2D eigenvalue weighted by atomic mass is 9.89. The monoisotopic (exact) mass is 1890 g/mol.